The van der Waals surface area contributed by atoms with Crippen LogP contribution in [0.25, 0.3) is 106 Å². The molecule has 0 spiro atoms. The van der Waals surface area contributed by atoms with E-state index in [2.05, 4.69) is 139 Å². The van der Waals surface area contributed by atoms with E-state index in [1.54, 1.807) is 0 Å². The molecule has 0 radical (unpaired) electrons. The summed E-state index contributed by atoms with van der Waals surface area (Å²) in [5.41, 5.74) is 13.8. The third-order valence-electron chi connectivity index (χ3n) is 11.6. The van der Waals surface area contributed by atoms with Gasteiger partial charge in [0.15, 0.2) is 17.5 Å². The molecule has 11 aromatic rings. The van der Waals surface area contributed by atoms with Gasteiger partial charge in [0.05, 0.1) is 16.7 Å². The molecule has 0 N–H and O–H groups in total. The summed E-state index contributed by atoms with van der Waals surface area (Å²) >= 11 is 0. The van der Waals surface area contributed by atoms with Gasteiger partial charge in [-0.2, -0.15) is 0 Å². The molecule has 0 aliphatic rings. The lowest BCUT2D eigenvalue weighted by Gasteiger charge is -2.16. The van der Waals surface area contributed by atoms with Gasteiger partial charge in [-0.05, 0) is 83.6 Å². The fraction of sp³-hybridized carbons (Fsp3) is 0.0727. The fourth-order valence-electron chi connectivity index (χ4n) is 8.60. The van der Waals surface area contributed by atoms with E-state index in [-0.39, 0.29) is 0 Å². The summed E-state index contributed by atoms with van der Waals surface area (Å²) in [7, 11) is 0. The molecule has 0 fully saturated rings. The third kappa shape index (κ3) is 6.32. The Morgan fingerprint density at radius 2 is 1.00 bits per heavy atom. The highest BCUT2D eigenvalue weighted by molar-refractivity contribution is 6.11. The van der Waals surface area contributed by atoms with E-state index in [4.69, 9.17) is 19.4 Å². The SMILES string of the molecule is CCCCc1ccc2c(c1)oc1ccc(-c3ccc4c5ccccc5n(-c5ccc(-c6nc(-c7ccccc7)nc(-c7ccccc7)n6)cc5-c5ccccc5)c4c3)cc12. The number of rotatable bonds is 9. The number of aryl methyl sites for hydroxylation is 1. The highest BCUT2D eigenvalue weighted by atomic mass is 16.3. The molecule has 3 heterocycles. The second-order valence-electron chi connectivity index (χ2n) is 15.5. The summed E-state index contributed by atoms with van der Waals surface area (Å²) < 4.78 is 8.81. The van der Waals surface area contributed by atoms with Crippen molar-refractivity contribution in [3.8, 4) is 62.1 Å². The topological polar surface area (TPSA) is 56.7 Å². The molecular formula is C55H40N4O. The van der Waals surface area contributed by atoms with E-state index >= 15 is 0 Å². The zero-order valence-electron chi connectivity index (χ0n) is 33.2. The van der Waals surface area contributed by atoms with Gasteiger partial charge in [-0.15, -0.1) is 0 Å². The number of fused-ring (bicyclic) bond motifs is 6. The van der Waals surface area contributed by atoms with Gasteiger partial charge in [0, 0.05) is 43.8 Å². The number of aromatic nitrogens is 4. The summed E-state index contributed by atoms with van der Waals surface area (Å²) in [5.74, 6) is 1.89. The number of nitrogens with zero attached hydrogens (tertiary/aromatic N) is 4. The molecule has 3 aromatic heterocycles. The van der Waals surface area contributed by atoms with E-state index in [9.17, 15) is 0 Å². The molecule has 0 saturated heterocycles. The minimum Gasteiger partial charge on any atom is -0.456 e. The lowest BCUT2D eigenvalue weighted by molar-refractivity contribution is 0.667. The molecule has 0 aliphatic carbocycles. The van der Waals surface area contributed by atoms with Gasteiger partial charge in [-0.3, -0.25) is 0 Å². The first kappa shape index (κ1) is 35.5. The number of hydrogen-bond acceptors (Lipinski definition) is 4. The van der Waals surface area contributed by atoms with Gasteiger partial charge in [-0.25, -0.2) is 15.0 Å². The molecule has 286 valence electrons. The second kappa shape index (κ2) is 14.9. The van der Waals surface area contributed by atoms with Crippen LogP contribution in [0, 0.1) is 0 Å². The van der Waals surface area contributed by atoms with Crippen LogP contribution in [-0.4, -0.2) is 19.5 Å². The molecule has 8 aromatic carbocycles. The van der Waals surface area contributed by atoms with Gasteiger partial charge in [0.2, 0.25) is 0 Å². The maximum Gasteiger partial charge on any atom is 0.164 e. The molecule has 11 rings (SSSR count). The van der Waals surface area contributed by atoms with E-state index in [0.29, 0.717) is 17.5 Å². The van der Waals surface area contributed by atoms with E-state index in [1.807, 2.05) is 60.7 Å². The fourth-order valence-corrected chi connectivity index (χ4v) is 8.60. The average Bonchev–Trinajstić information content (AvgIpc) is 3.85. The Bertz CT molecular complexity index is 3290. The molecule has 0 aliphatic heterocycles. The Balaban J connectivity index is 1.09. The summed E-state index contributed by atoms with van der Waals surface area (Å²) in [6.07, 6.45) is 3.42. The molecule has 5 nitrogen and oxygen atoms in total. The van der Waals surface area contributed by atoms with Crippen molar-refractivity contribution >= 4 is 43.7 Å². The average molecular weight is 773 g/mol. The van der Waals surface area contributed by atoms with Crippen molar-refractivity contribution in [3.05, 3.63) is 194 Å². The summed E-state index contributed by atoms with van der Waals surface area (Å²) in [5, 5.41) is 4.69. The van der Waals surface area contributed by atoms with E-state index in [0.717, 1.165) is 84.0 Å². The lowest BCUT2D eigenvalue weighted by Crippen LogP contribution is -2.02. The maximum absolute atomic E-state index is 6.39. The molecule has 0 unspecified atom stereocenters. The highest BCUT2D eigenvalue weighted by Gasteiger charge is 2.20. The highest BCUT2D eigenvalue weighted by Crippen LogP contribution is 2.40. The zero-order chi connectivity index (χ0) is 40.0. The minimum atomic E-state index is 0.621. The molecular weight excluding hydrogens is 733 g/mol. The number of hydrogen-bond donors (Lipinski definition) is 0. The van der Waals surface area contributed by atoms with Gasteiger partial charge < -0.3 is 8.98 Å². The van der Waals surface area contributed by atoms with Gasteiger partial charge in [-0.1, -0.05) is 153 Å². The van der Waals surface area contributed by atoms with Crippen molar-refractivity contribution in [1.82, 2.24) is 19.5 Å². The normalized spacial score (nSPS) is 11.6. The number of unbranched alkanes of at least 4 members (excludes halogenated alkanes) is 1. The molecule has 60 heavy (non-hydrogen) atoms. The molecule has 0 atom stereocenters. The van der Waals surface area contributed by atoms with Gasteiger partial charge >= 0.3 is 0 Å². The van der Waals surface area contributed by atoms with Crippen molar-refractivity contribution in [2.24, 2.45) is 0 Å². The van der Waals surface area contributed by atoms with Crippen molar-refractivity contribution in [1.29, 1.82) is 0 Å². The largest absolute Gasteiger partial charge is 0.456 e. The standard InChI is InChI=1S/C55H40N4O/c1-2-3-15-36-24-28-45-47-33-40(27-31-51(47)60-52(45)32-36)41-25-29-44-43-22-13-14-23-48(43)59(50(44)35-41)49-30-26-42(34-46(49)37-16-7-4-8-17-37)55-57-53(38-18-9-5-10-19-38)56-54(58-55)39-20-11-6-12-21-39/h4-14,16-35H,2-3,15H2,1H3. The molecule has 0 saturated carbocycles. The smallest absolute Gasteiger partial charge is 0.164 e. The van der Waals surface area contributed by atoms with Gasteiger partial charge in [0.25, 0.3) is 0 Å². The number of para-hydroxylation sites is 1. The Kier molecular flexibility index (Phi) is 8.85. The number of furan rings is 1. The summed E-state index contributed by atoms with van der Waals surface area (Å²) in [6.45, 7) is 2.23. The van der Waals surface area contributed by atoms with Crippen molar-refractivity contribution in [3.63, 3.8) is 0 Å². The Labute approximate surface area is 348 Å². The molecule has 0 bridgehead atoms. The van der Waals surface area contributed by atoms with Crippen LogP contribution in [0.5, 0.6) is 0 Å². The first-order chi connectivity index (χ1) is 29.7. The van der Waals surface area contributed by atoms with Crippen LogP contribution >= 0.6 is 0 Å². The first-order valence-corrected chi connectivity index (χ1v) is 20.7. The van der Waals surface area contributed by atoms with Crippen LogP contribution in [0.4, 0.5) is 0 Å². The first-order valence-electron chi connectivity index (χ1n) is 20.7. The number of benzene rings is 8. The Hall–Kier alpha value is -7.63. The quantitative estimate of drug-likeness (QED) is 0.147. The van der Waals surface area contributed by atoms with E-state index in [1.165, 1.54) is 29.2 Å². The van der Waals surface area contributed by atoms with Crippen LogP contribution in [0.3, 0.4) is 0 Å². The third-order valence-corrected chi connectivity index (χ3v) is 11.6. The lowest BCUT2D eigenvalue weighted by atomic mass is 9.99. The predicted octanol–water partition coefficient (Wildman–Crippen LogP) is 14.5. The Morgan fingerprint density at radius 1 is 0.417 bits per heavy atom. The summed E-state index contributed by atoms with van der Waals surface area (Å²) in [6, 6.07) is 66.4. The van der Waals surface area contributed by atoms with Crippen LogP contribution in [0.2, 0.25) is 0 Å². The minimum absolute atomic E-state index is 0.621. The Morgan fingerprint density at radius 3 is 1.72 bits per heavy atom. The van der Waals surface area contributed by atoms with Crippen LogP contribution in [0.15, 0.2) is 192 Å². The zero-order valence-corrected chi connectivity index (χ0v) is 33.2. The summed E-state index contributed by atoms with van der Waals surface area (Å²) in [4.78, 5) is 15.1. The van der Waals surface area contributed by atoms with Crippen LogP contribution < -0.4 is 0 Å². The predicted molar refractivity (Wildman–Crippen MR) is 247 cm³/mol. The second-order valence-corrected chi connectivity index (χ2v) is 15.5. The molecule has 5 heteroatoms. The van der Waals surface area contributed by atoms with Gasteiger partial charge in [0.1, 0.15) is 11.2 Å². The molecule has 0 amide bonds. The van der Waals surface area contributed by atoms with Crippen molar-refractivity contribution in [2.45, 2.75) is 26.2 Å². The maximum atomic E-state index is 6.39. The van der Waals surface area contributed by atoms with Crippen molar-refractivity contribution in [2.75, 3.05) is 0 Å². The van der Waals surface area contributed by atoms with E-state index < -0.39 is 0 Å². The monoisotopic (exact) mass is 772 g/mol. The van der Waals surface area contributed by atoms with Crippen molar-refractivity contribution < 1.29 is 4.42 Å². The van der Waals surface area contributed by atoms with Crippen LogP contribution in [0.1, 0.15) is 25.3 Å². The van der Waals surface area contributed by atoms with Crippen LogP contribution in [-0.2, 0) is 6.42 Å².